The normalized spacial score (nSPS) is 10.8. The third-order valence-corrected chi connectivity index (χ3v) is 4.43. The molecule has 0 saturated carbocycles. The van der Waals surface area contributed by atoms with Gasteiger partial charge in [0.05, 0.1) is 30.3 Å². The van der Waals surface area contributed by atoms with Gasteiger partial charge in [-0.3, -0.25) is 0 Å². The maximum atomic E-state index is 14.5. The molecule has 0 amide bonds. The van der Waals surface area contributed by atoms with Crippen LogP contribution in [0.5, 0.6) is 11.5 Å². The molecule has 0 saturated heterocycles. The van der Waals surface area contributed by atoms with Crippen LogP contribution in [0.2, 0.25) is 0 Å². The number of ether oxygens (including phenoxy) is 2. The number of hydrogen-bond acceptors (Lipinski definition) is 4. The third-order valence-electron chi connectivity index (χ3n) is 3.60. The number of benzene rings is 2. The molecule has 0 aliphatic rings. The van der Waals surface area contributed by atoms with Gasteiger partial charge >= 0.3 is 0 Å². The van der Waals surface area contributed by atoms with Gasteiger partial charge in [-0.05, 0) is 52.4 Å². The van der Waals surface area contributed by atoms with Gasteiger partial charge in [-0.2, -0.15) is 0 Å². The van der Waals surface area contributed by atoms with E-state index in [4.69, 9.17) is 9.47 Å². The predicted octanol–water partition coefficient (Wildman–Crippen LogP) is 4.06. The average Bonchev–Trinajstić information content (AvgIpc) is 2.62. The molecule has 124 valence electrons. The molecule has 0 fully saturated rings. The van der Waals surface area contributed by atoms with Crippen LogP contribution in [-0.2, 0) is 13.2 Å². The van der Waals surface area contributed by atoms with Gasteiger partial charge in [0, 0.05) is 9.64 Å². The smallest absolute Gasteiger partial charge is 0.149 e. The fourth-order valence-corrected chi connectivity index (χ4v) is 2.81. The number of hydrogen-bond donors (Lipinski definition) is 1. The standard InChI is InChI=1S/C18H15FINO3/c1-23-13-4-2-11(3-5-13)10-24-16-8-12(9-22)21-15-7-6-14(20)18(19)17(15)16/h2-8,22H,9-10H2,1H3. The summed E-state index contributed by atoms with van der Waals surface area (Å²) in [6.07, 6.45) is 0. The van der Waals surface area contributed by atoms with Gasteiger partial charge in [-0.15, -0.1) is 0 Å². The quantitative estimate of drug-likeness (QED) is 0.610. The third kappa shape index (κ3) is 3.44. The lowest BCUT2D eigenvalue weighted by molar-refractivity contribution is 0.274. The SMILES string of the molecule is COc1ccc(COc2cc(CO)nc3ccc(I)c(F)c23)cc1. The van der Waals surface area contributed by atoms with Crippen molar-refractivity contribution in [2.45, 2.75) is 13.2 Å². The van der Waals surface area contributed by atoms with Crippen LogP contribution in [0.3, 0.4) is 0 Å². The summed E-state index contributed by atoms with van der Waals surface area (Å²) in [4.78, 5) is 4.24. The van der Waals surface area contributed by atoms with Crippen molar-refractivity contribution in [2.24, 2.45) is 0 Å². The number of aliphatic hydroxyl groups is 1. The Balaban J connectivity index is 1.96. The van der Waals surface area contributed by atoms with E-state index in [0.717, 1.165) is 11.3 Å². The molecule has 0 aliphatic carbocycles. The number of methoxy groups -OCH3 is 1. The predicted molar refractivity (Wildman–Crippen MR) is 97.7 cm³/mol. The number of aliphatic hydroxyl groups excluding tert-OH is 1. The monoisotopic (exact) mass is 439 g/mol. The minimum Gasteiger partial charge on any atom is -0.497 e. The van der Waals surface area contributed by atoms with Crippen molar-refractivity contribution < 1.29 is 19.0 Å². The Bertz CT molecular complexity index is 868. The molecular formula is C18H15FINO3. The molecule has 3 rings (SSSR count). The van der Waals surface area contributed by atoms with Crippen LogP contribution in [0.15, 0.2) is 42.5 Å². The van der Waals surface area contributed by atoms with Crippen molar-refractivity contribution in [1.82, 2.24) is 4.98 Å². The summed E-state index contributed by atoms with van der Waals surface area (Å²) in [7, 11) is 1.61. The van der Waals surface area contributed by atoms with Crippen LogP contribution in [0, 0.1) is 9.39 Å². The maximum absolute atomic E-state index is 14.5. The van der Waals surface area contributed by atoms with E-state index in [1.54, 1.807) is 25.3 Å². The van der Waals surface area contributed by atoms with Gasteiger partial charge < -0.3 is 14.6 Å². The van der Waals surface area contributed by atoms with Gasteiger partial charge in [-0.25, -0.2) is 9.37 Å². The van der Waals surface area contributed by atoms with Crippen molar-refractivity contribution in [3.05, 3.63) is 63.1 Å². The molecule has 1 heterocycles. The molecule has 24 heavy (non-hydrogen) atoms. The first-order chi connectivity index (χ1) is 11.6. The van der Waals surface area contributed by atoms with E-state index in [0.29, 0.717) is 25.9 Å². The van der Waals surface area contributed by atoms with Crippen molar-refractivity contribution in [2.75, 3.05) is 7.11 Å². The summed E-state index contributed by atoms with van der Waals surface area (Å²) in [5.74, 6) is 0.766. The summed E-state index contributed by atoms with van der Waals surface area (Å²) in [6.45, 7) is 0.0430. The molecule has 1 aromatic heterocycles. The van der Waals surface area contributed by atoms with Crippen molar-refractivity contribution >= 4 is 33.5 Å². The fraction of sp³-hybridized carbons (Fsp3) is 0.167. The Morgan fingerprint density at radius 3 is 2.58 bits per heavy atom. The average molecular weight is 439 g/mol. The van der Waals surface area contributed by atoms with Crippen LogP contribution in [0.1, 0.15) is 11.3 Å². The van der Waals surface area contributed by atoms with E-state index in [1.165, 1.54) is 0 Å². The lowest BCUT2D eigenvalue weighted by Gasteiger charge is -2.12. The van der Waals surface area contributed by atoms with E-state index in [1.807, 2.05) is 46.9 Å². The Labute approximate surface area is 152 Å². The van der Waals surface area contributed by atoms with Crippen LogP contribution >= 0.6 is 22.6 Å². The Kier molecular flexibility index (Phi) is 5.15. The van der Waals surface area contributed by atoms with Crippen LogP contribution < -0.4 is 9.47 Å². The molecule has 4 nitrogen and oxygen atoms in total. The lowest BCUT2D eigenvalue weighted by Crippen LogP contribution is -2.01. The Hall–Kier alpha value is -1.93. The highest BCUT2D eigenvalue weighted by Crippen LogP contribution is 2.31. The Morgan fingerprint density at radius 1 is 1.17 bits per heavy atom. The second-order valence-corrected chi connectivity index (χ2v) is 6.32. The van der Waals surface area contributed by atoms with Crippen molar-refractivity contribution in [3.63, 3.8) is 0 Å². The van der Waals surface area contributed by atoms with Gasteiger partial charge in [0.25, 0.3) is 0 Å². The number of nitrogens with zero attached hydrogens (tertiary/aromatic N) is 1. The number of aromatic nitrogens is 1. The number of rotatable bonds is 5. The zero-order valence-electron chi connectivity index (χ0n) is 12.9. The second-order valence-electron chi connectivity index (χ2n) is 5.16. The lowest BCUT2D eigenvalue weighted by atomic mass is 10.1. The zero-order chi connectivity index (χ0) is 17.1. The highest BCUT2D eigenvalue weighted by Gasteiger charge is 2.14. The number of fused-ring (bicyclic) bond motifs is 1. The molecule has 1 N–H and O–H groups in total. The minimum atomic E-state index is -0.366. The van der Waals surface area contributed by atoms with E-state index < -0.39 is 0 Å². The summed E-state index contributed by atoms with van der Waals surface area (Å²) < 4.78 is 25.9. The molecule has 6 heteroatoms. The molecule has 2 aromatic carbocycles. The molecule has 0 spiro atoms. The maximum Gasteiger partial charge on any atom is 0.149 e. The molecular weight excluding hydrogens is 424 g/mol. The summed E-state index contributed by atoms with van der Waals surface area (Å²) in [5, 5.41) is 9.69. The van der Waals surface area contributed by atoms with Crippen LogP contribution in [0.25, 0.3) is 10.9 Å². The summed E-state index contributed by atoms with van der Waals surface area (Å²) in [5.41, 5.74) is 1.83. The summed E-state index contributed by atoms with van der Waals surface area (Å²) >= 11 is 1.93. The molecule has 0 radical (unpaired) electrons. The van der Waals surface area contributed by atoms with Crippen LogP contribution in [-0.4, -0.2) is 17.2 Å². The second kappa shape index (κ2) is 7.31. The first kappa shape index (κ1) is 16.9. The van der Waals surface area contributed by atoms with Crippen molar-refractivity contribution in [1.29, 1.82) is 0 Å². The van der Waals surface area contributed by atoms with E-state index in [9.17, 15) is 9.50 Å². The fourth-order valence-electron chi connectivity index (χ4n) is 2.36. The Morgan fingerprint density at radius 2 is 1.92 bits per heavy atom. The molecule has 3 aromatic rings. The summed E-state index contributed by atoms with van der Waals surface area (Å²) in [6, 6.07) is 12.4. The molecule has 0 unspecified atom stereocenters. The van der Waals surface area contributed by atoms with Gasteiger partial charge in [0.15, 0.2) is 0 Å². The van der Waals surface area contributed by atoms with Gasteiger partial charge in [-0.1, -0.05) is 12.1 Å². The molecule has 0 atom stereocenters. The van der Waals surface area contributed by atoms with Gasteiger partial charge in [0.2, 0.25) is 0 Å². The first-order valence-corrected chi connectivity index (χ1v) is 8.34. The highest BCUT2D eigenvalue weighted by molar-refractivity contribution is 14.1. The first-order valence-electron chi connectivity index (χ1n) is 7.26. The van der Waals surface area contributed by atoms with Crippen molar-refractivity contribution in [3.8, 4) is 11.5 Å². The van der Waals surface area contributed by atoms with E-state index in [2.05, 4.69) is 4.98 Å². The molecule has 0 bridgehead atoms. The van der Waals surface area contributed by atoms with E-state index >= 15 is 0 Å². The zero-order valence-corrected chi connectivity index (χ0v) is 15.1. The molecule has 0 aliphatic heterocycles. The largest absolute Gasteiger partial charge is 0.497 e. The minimum absolute atomic E-state index is 0.234. The van der Waals surface area contributed by atoms with Crippen LogP contribution in [0.4, 0.5) is 4.39 Å². The highest BCUT2D eigenvalue weighted by atomic mass is 127. The number of halogens is 2. The van der Waals surface area contributed by atoms with E-state index in [-0.39, 0.29) is 19.0 Å². The topological polar surface area (TPSA) is 51.6 Å². The van der Waals surface area contributed by atoms with Gasteiger partial charge in [0.1, 0.15) is 23.9 Å². The number of pyridine rings is 1.